The van der Waals surface area contributed by atoms with E-state index in [1.54, 1.807) is 10.9 Å². The zero-order valence-electron chi connectivity index (χ0n) is 10.1. The first-order valence-electron chi connectivity index (χ1n) is 5.91. The van der Waals surface area contributed by atoms with E-state index in [-0.39, 0.29) is 24.1 Å². The summed E-state index contributed by atoms with van der Waals surface area (Å²) >= 11 is 0. The van der Waals surface area contributed by atoms with Crippen LogP contribution in [0.15, 0.2) is 36.7 Å². The lowest BCUT2D eigenvalue weighted by Crippen LogP contribution is -2.29. The second kappa shape index (κ2) is 4.56. The van der Waals surface area contributed by atoms with Gasteiger partial charge in [-0.3, -0.25) is 9.59 Å². The van der Waals surface area contributed by atoms with Crippen molar-refractivity contribution in [3.05, 3.63) is 47.9 Å². The fraction of sp³-hybridized carbons (Fsp3) is 0.154. The molecule has 6 nitrogen and oxygen atoms in total. The molecule has 1 aromatic heterocycles. The van der Waals surface area contributed by atoms with Gasteiger partial charge in [0.2, 0.25) is 5.91 Å². The van der Waals surface area contributed by atoms with Crippen LogP contribution in [0.4, 0.5) is 5.82 Å². The number of carbonyl (C=O) groups excluding carboxylic acids is 2. The van der Waals surface area contributed by atoms with Gasteiger partial charge in [-0.25, -0.2) is 4.98 Å². The molecule has 1 aliphatic heterocycles. The largest absolute Gasteiger partial charge is 0.341 e. The van der Waals surface area contributed by atoms with Crippen molar-refractivity contribution >= 4 is 17.6 Å². The molecular weight excluding hydrogens is 244 g/mol. The third-order valence-corrected chi connectivity index (χ3v) is 2.92. The Kier molecular flexibility index (Phi) is 2.75. The predicted molar refractivity (Wildman–Crippen MR) is 68.7 cm³/mol. The van der Waals surface area contributed by atoms with Crippen molar-refractivity contribution < 1.29 is 9.59 Å². The minimum absolute atomic E-state index is 0.0273. The van der Waals surface area contributed by atoms with Gasteiger partial charge in [-0.1, -0.05) is 30.3 Å². The Hall–Kier alpha value is -2.63. The van der Waals surface area contributed by atoms with E-state index in [9.17, 15) is 9.59 Å². The summed E-state index contributed by atoms with van der Waals surface area (Å²) in [5, 5.41) is 5.20. The first kappa shape index (κ1) is 11.5. The quantitative estimate of drug-likeness (QED) is 0.826. The van der Waals surface area contributed by atoms with Crippen molar-refractivity contribution in [2.24, 2.45) is 0 Å². The Morgan fingerprint density at radius 3 is 2.79 bits per heavy atom. The molecule has 2 aromatic rings. The molecule has 2 amide bonds. The highest BCUT2D eigenvalue weighted by Crippen LogP contribution is 2.18. The molecular formula is C13H12N4O2. The first-order chi connectivity index (χ1) is 9.24. The molecule has 0 saturated carbocycles. The van der Waals surface area contributed by atoms with Crippen LogP contribution in [0, 0.1) is 0 Å². The highest BCUT2D eigenvalue weighted by molar-refractivity contribution is 6.06. The third kappa shape index (κ3) is 2.20. The van der Waals surface area contributed by atoms with Gasteiger partial charge in [0, 0.05) is 0 Å². The molecule has 96 valence electrons. The maximum Gasteiger partial charge on any atom is 0.274 e. The van der Waals surface area contributed by atoms with Gasteiger partial charge in [0.15, 0.2) is 5.69 Å². The third-order valence-electron chi connectivity index (χ3n) is 2.92. The predicted octanol–water partition coefficient (Wildman–Crippen LogP) is 0.613. The topological polar surface area (TPSA) is 76.0 Å². The zero-order chi connectivity index (χ0) is 13.2. The summed E-state index contributed by atoms with van der Waals surface area (Å²) in [4.78, 5) is 27.3. The lowest BCUT2D eigenvalue weighted by Gasteiger charge is -2.08. The number of hydrogen-bond donors (Lipinski definition) is 2. The normalized spacial score (nSPS) is 14.3. The summed E-state index contributed by atoms with van der Waals surface area (Å²) in [6.45, 7) is 0.525. The molecule has 19 heavy (non-hydrogen) atoms. The number of hydrogen-bond acceptors (Lipinski definition) is 3. The molecule has 0 atom stereocenters. The van der Waals surface area contributed by atoms with Crippen molar-refractivity contribution in [2.45, 2.75) is 6.54 Å². The van der Waals surface area contributed by atoms with E-state index < -0.39 is 0 Å². The number of carbonyl (C=O) groups is 2. The molecule has 0 bridgehead atoms. The smallest absolute Gasteiger partial charge is 0.274 e. The van der Waals surface area contributed by atoms with E-state index in [0.717, 1.165) is 5.56 Å². The Morgan fingerprint density at radius 1 is 1.21 bits per heavy atom. The fourth-order valence-corrected chi connectivity index (χ4v) is 2.00. The number of anilines is 1. The average molecular weight is 256 g/mol. The van der Waals surface area contributed by atoms with E-state index in [0.29, 0.717) is 12.4 Å². The van der Waals surface area contributed by atoms with Crippen LogP contribution in [0.3, 0.4) is 0 Å². The van der Waals surface area contributed by atoms with Crippen molar-refractivity contribution in [3.8, 4) is 0 Å². The van der Waals surface area contributed by atoms with Gasteiger partial charge >= 0.3 is 0 Å². The Morgan fingerprint density at radius 2 is 2.00 bits per heavy atom. The molecule has 3 rings (SSSR count). The number of imidazole rings is 1. The Bertz CT molecular complexity index is 633. The molecule has 0 fully saturated rings. The minimum Gasteiger partial charge on any atom is -0.341 e. The van der Waals surface area contributed by atoms with Crippen LogP contribution in [0.25, 0.3) is 0 Å². The highest BCUT2D eigenvalue weighted by Gasteiger charge is 2.23. The molecule has 1 aromatic carbocycles. The Balaban J connectivity index is 1.96. The van der Waals surface area contributed by atoms with Crippen LogP contribution < -0.4 is 10.6 Å². The molecule has 0 spiro atoms. The summed E-state index contributed by atoms with van der Waals surface area (Å²) in [6.07, 6.45) is 1.56. The maximum absolute atomic E-state index is 11.7. The number of fused-ring (bicyclic) bond motifs is 1. The van der Waals surface area contributed by atoms with E-state index in [4.69, 9.17) is 0 Å². The maximum atomic E-state index is 11.7. The molecule has 2 heterocycles. The first-order valence-corrected chi connectivity index (χ1v) is 5.91. The summed E-state index contributed by atoms with van der Waals surface area (Å²) in [5.41, 5.74) is 1.32. The van der Waals surface area contributed by atoms with Crippen LogP contribution in [-0.2, 0) is 11.3 Å². The molecule has 0 saturated heterocycles. The van der Waals surface area contributed by atoms with Crippen LogP contribution in [-0.4, -0.2) is 27.9 Å². The van der Waals surface area contributed by atoms with E-state index in [1.165, 1.54) is 0 Å². The van der Waals surface area contributed by atoms with E-state index in [2.05, 4.69) is 15.6 Å². The summed E-state index contributed by atoms with van der Waals surface area (Å²) < 4.78 is 1.76. The Labute approximate surface area is 109 Å². The number of nitrogens with zero attached hydrogens (tertiary/aromatic N) is 2. The van der Waals surface area contributed by atoms with Gasteiger partial charge in [0.05, 0.1) is 19.4 Å². The van der Waals surface area contributed by atoms with Gasteiger partial charge in [-0.2, -0.15) is 0 Å². The number of aromatic nitrogens is 2. The average Bonchev–Trinajstić information content (AvgIpc) is 2.73. The SMILES string of the molecule is O=C1CNC(=O)c2ncn(Cc3ccccc3)c2N1. The zero-order valence-corrected chi connectivity index (χ0v) is 10.1. The second-order valence-electron chi connectivity index (χ2n) is 4.29. The van der Waals surface area contributed by atoms with Crippen molar-refractivity contribution in [1.29, 1.82) is 0 Å². The molecule has 0 radical (unpaired) electrons. The standard InChI is InChI=1S/C13H12N4O2/c18-10-6-14-13(19)11-12(16-10)17(8-15-11)7-9-4-2-1-3-5-9/h1-5,8H,6-7H2,(H,14,19)(H,16,18). The highest BCUT2D eigenvalue weighted by atomic mass is 16.2. The molecule has 2 N–H and O–H groups in total. The molecule has 0 aliphatic carbocycles. The van der Waals surface area contributed by atoms with Gasteiger partial charge in [-0.15, -0.1) is 0 Å². The van der Waals surface area contributed by atoms with E-state index >= 15 is 0 Å². The lowest BCUT2D eigenvalue weighted by atomic mass is 10.2. The van der Waals surface area contributed by atoms with Gasteiger partial charge in [0.1, 0.15) is 5.82 Å². The second-order valence-corrected chi connectivity index (χ2v) is 4.29. The number of nitrogens with one attached hydrogen (secondary N) is 2. The van der Waals surface area contributed by atoms with Crippen molar-refractivity contribution in [2.75, 3.05) is 11.9 Å². The van der Waals surface area contributed by atoms with Crippen molar-refractivity contribution in [1.82, 2.24) is 14.9 Å². The summed E-state index contributed by atoms with van der Waals surface area (Å²) in [7, 11) is 0. The fourth-order valence-electron chi connectivity index (χ4n) is 2.00. The minimum atomic E-state index is -0.333. The molecule has 6 heteroatoms. The lowest BCUT2D eigenvalue weighted by molar-refractivity contribution is -0.115. The van der Waals surface area contributed by atoms with Gasteiger partial charge < -0.3 is 15.2 Å². The van der Waals surface area contributed by atoms with E-state index in [1.807, 2.05) is 30.3 Å². The molecule has 1 aliphatic rings. The van der Waals surface area contributed by atoms with Gasteiger partial charge in [0.25, 0.3) is 5.91 Å². The van der Waals surface area contributed by atoms with Crippen LogP contribution >= 0.6 is 0 Å². The van der Waals surface area contributed by atoms with Crippen molar-refractivity contribution in [3.63, 3.8) is 0 Å². The number of rotatable bonds is 2. The van der Waals surface area contributed by atoms with Crippen LogP contribution in [0.5, 0.6) is 0 Å². The van der Waals surface area contributed by atoms with Crippen LogP contribution in [0.1, 0.15) is 16.1 Å². The summed E-state index contributed by atoms with van der Waals surface area (Å²) in [6, 6.07) is 9.77. The monoisotopic (exact) mass is 256 g/mol. The van der Waals surface area contributed by atoms with Gasteiger partial charge in [-0.05, 0) is 5.56 Å². The number of amides is 2. The summed E-state index contributed by atoms with van der Waals surface area (Å²) in [5.74, 6) is -0.133. The molecule has 0 unspecified atom stereocenters. The van der Waals surface area contributed by atoms with Crippen LogP contribution in [0.2, 0.25) is 0 Å². The number of benzene rings is 1.